The Hall–Kier alpha value is -3.48. The van der Waals surface area contributed by atoms with Gasteiger partial charge in [0.25, 0.3) is 5.91 Å². The Morgan fingerprint density at radius 1 is 1.12 bits per heavy atom. The van der Waals surface area contributed by atoms with Crippen LogP contribution in [0.2, 0.25) is 0 Å². The summed E-state index contributed by atoms with van der Waals surface area (Å²) in [6, 6.07) is 9.95. The van der Waals surface area contributed by atoms with Crippen LogP contribution in [0, 0.1) is 0 Å². The predicted molar refractivity (Wildman–Crippen MR) is 93.6 cm³/mol. The molecule has 0 aliphatic carbocycles. The molecule has 7 heteroatoms. The first kappa shape index (κ1) is 17.3. The van der Waals surface area contributed by atoms with Crippen LogP contribution in [0.25, 0.3) is 6.08 Å². The van der Waals surface area contributed by atoms with Gasteiger partial charge in [-0.25, -0.2) is 0 Å². The molecule has 0 unspecified atom stereocenters. The van der Waals surface area contributed by atoms with Crippen LogP contribution in [0.4, 0.5) is 0 Å². The molecule has 0 aromatic heterocycles. The molecule has 26 heavy (non-hydrogen) atoms. The van der Waals surface area contributed by atoms with Gasteiger partial charge in [-0.2, -0.15) is 0 Å². The van der Waals surface area contributed by atoms with Crippen molar-refractivity contribution in [3.05, 3.63) is 53.3 Å². The van der Waals surface area contributed by atoms with Crippen molar-refractivity contribution in [3.8, 4) is 23.0 Å². The molecule has 7 nitrogen and oxygen atoms in total. The quantitative estimate of drug-likeness (QED) is 0.798. The third kappa shape index (κ3) is 3.46. The number of hydrogen-bond acceptors (Lipinski definition) is 6. The number of ether oxygens (including phenoxy) is 4. The highest BCUT2D eigenvalue weighted by atomic mass is 16.5. The van der Waals surface area contributed by atoms with E-state index in [4.69, 9.17) is 24.7 Å². The Balaban J connectivity index is 1.90. The molecule has 3 rings (SSSR count). The zero-order valence-corrected chi connectivity index (χ0v) is 14.3. The zero-order valence-electron chi connectivity index (χ0n) is 14.3. The minimum absolute atomic E-state index is 0.151. The van der Waals surface area contributed by atoms with E-state index in [2.05, 4.69) is 0 Å². The number of Topliss-reactive ketones (excluding diaryl/α,β-unsaturated/α-hetero) is 1. The van der Waals surface area contributed by atoms with Crippen molar-refractivity contribution in [1.29, 1.82) is 0 Å². The fourth-order valence-corrected chi connectivity index (χ4v) is 2.50. The van der Waals surface area contributed by atoms with Gasteiger partial charge in [-0.05, 0) is 36.4 Å². The summed E-state index contributed by atoms with van der Waals surface area (Å²) >= 11 is 0. The molecular formula is C19H17NO6. The van der Waals surface area contributed by atoms with Crippen LogP contribution in [0.5, 0.6) is 23.0 Å². The lowest BCUT2D eigenvalue weighted by Gasteiger charge is -2.08. The Morgan fingerprint density at radius 3 is 2.58 bits per heavy atom. The molecule has 0 spiro atoms. The van der Waals surface area contributed by atoms with Gasteiger partial charge < -0.3 is 24.7 Å². The molecule has 2 N–H and O–H groups in total. The summed E-state index contributed by atoms with van der Waals surface area (Å²) < 4.78 is 21.4. The number of rotatable bonds is 6. The van der Waals surface area contributed by atoms with Gasteiger partial charge >= 0.3 is 0 Å². The number of methoxy groups -OCH3 is 2. The third-order valence-electron chi connectivity index (χ3n) is 3.75. The first-order valence-electron chi connectivity index (χ1n) is 7.73. The van der Waals surface area contributed by atoms with Crippen molar-refractivity contribution in [1.82, 2.24) is 0 Å². The lowest BCUT2D eigenvalue weighted by molar-refractivity contribution is -0.119. The van der Waals surface area contributed by atoms with Crippen molar-refractivity contribution >= 4 is 17.8 Å². The summed E-state index contributed by atoms with van der Waals surface area (Å²) in [5, 5.41) is 0. The number of carbonyl (C=O) groups excluding carboxylic acids is 2. The maximum absolute atomic E-state index is 12.6. The molecule has 0 atom stereocenters. The van der Waals surface area contributed by atoms with Crippen LogP contribution in [-0.2, 0) is 4.79 Å². The van der Waals surface area contributed by atoms with Crippen LogP contribution in [0.1, 0.15) is 15.9 Å². The van der Waals surface area contributed by atoms with E-state index in [-0.39, 0.29) is 18.1 Å². The molecule has 0 saturated carbocycles. The predicted octanol–water partition coefficient (Wildman–Crippen LogP) is 2.18. The minimum Gasteiger partial charge on any atom is -0.497 e. The first-order chi connectivity index (χ1) is 12.5. The van der Waals surface area contributed by atoms with Gasteiger partial charge in [-0.1, -0.05) is 0 Å². The third-order valence-corrected chi connectivity index (χ3v) is 3.75. The van der Waals surface area contributed by atoms with Crippen LogP contribution in [-0.4, -0.2) is 32.5 Å². The van der Waals surface area contributed by atoms with Crippen LogP contribution in [0.15, 0.2) is 42.2 Å². The van der Waals surface area contributed by atoms with Gasteiger partial charge in [0.05, 0.1) is 19.8 Å². The van der Waals surface area contributed by atoms with Crippen molar-refractivity contribution < 1.29 is 28.5 Å². The molecule has 0 bridgehead atoms. The van der Waals surface area contributed by atoms with E-state index in [0.29, 0.717) is 34.1 Å². The van der Waals surface area contributed by atoms with Crippen LogP contribution >= 0.6 is 0 Å². The summed E-state index contributed by atoms with van der Waals surface area (Å²) in [5.41, 5.74) is 6.11. The fraction of sp³-hybridized carbons (Fsp3) is 0.158. The van der Waals surface area contributed by atoms with Crippen molar-refractivity contribution in [2.75, 3.05) is 20.8 Å². The number of primary amides is 1. The Kier molecular flexibility index (Phi) is 4.79. The standard InChI is InChI=1S/C19H17NO6/c1-23-12-4-6-15(24-2)11(7-12)8-17-19(22)14-5-3-13(9-16(14)26-17)25-10-18(20)21/h3-9H,10H2,1-2H3,(H2,20,21). The highest BCUT2D eigenvalue weighted by Gasteiger charge is 2.28. The zero-order chi connectivity index (χ0) is 18.7. The summed E-state index contributed by atoms with van der Waals surface area (Å²) in [7, 11) is 3.09. The number of amides is 1. The molecule has 0 fully saturated rings. The molecule has 1 aliphatic heterocycles. The lowest BCUT2D eigenvalue weighted by atomic mass is 10.1. The summed E-state index contributed by atoms with van der Waals surface area (Å²) in [5.74, 6) is 1.25. The van der Waals surface area contributed by atoms with Gasteiger partial charge in [0.2, 0.25) is 5.78 Å². The average Bonchev–Trinajstić information content (AvgIpc) is 2.95. The van der Waals surface area contributed by atoms with E-state index in [0.717, 1.165) is 0 Å². The minimum atomic E-state index is -0.590. The van der Waals surface area contributed by atoms with Gasteiger partial charge in [0, 0.05) is 11.6 Å². The number of hydrogen-bond donors (Lipinski definition) is 1. The SMILES string of the molecule is COc1ccc(OC)c(C=C2Oc3cc(OCC(N)=O)ccc3C2=O)c1. The van der Waals surface area contributed by atoms with Crippen molar-refractivity contribution in [3.63, 3.8) is 0 Å². The second kappa shape index (κ2) is 7.18. The molecule has 134 valence electrons. The van der Waals surface area contributed by atoms with Crippen LogP contribution in [0.3, 0.4) is 0 Å². The number of carbonyl (C=O) groups is 2. The Bertz CT molecular complexity index is 903. The van der Waals surface area contributed by atoms with Crippen LogP contribution < -0.4 is 24.7 Å². The van der Waals surface area contributed by atoms with E-state index in [1.165, 1.54) is 7.11 Å². The summed E-state index contributed by atoms with van der Waals surface area (Å²) in [4.78, 5) is 23.4. The van der Waals surface area contributed by atoms with E-state index in [9.17, 15) is 9.59 Å². The first-order valence-corrected chi connectivity index (χ1v) is 7.73. The molecule has 2 aromatic rings. The molecule has 1 heterocycles. The summed E-state index contributed by atoms with van der Waals surface area (Å²) in [6.07, 6.45) is 1.59. The second-order valence-corrected chi connectivity index (χ2v) is 5.46. The maximum Gasteiger partial charge on any atom is 0.255 e. The van der Waals surface area contributed by atoms with E-state index < -0.39 is 5.91 Å². The Morgan fingerprint density at radius 2 is 1.88 bits per heavy atom. The highest BCUT2D eigenvalue weighted by Crippen LogP contribution is 2.36. The van der Waals surface area contributed by atoms with Gasteiger partial charge in [0.15, 0.2) is 12.4 Å². The maximum atomic E-state index is 12.6. The van der Waals surface area contributed by atoms with Gasteiger partial charge in [-0.3, -0.25) is 9.59 Å². The number of ketones is 1. The van der Waals surface area contributed by atoms with Crippen molar-refractivity contribution in [2.45, 2.75) is 0 Å². The molecule has 1 amide bonds. The number of benzene rings is 2. The normalized spacial score (nSPS) is 13.9. The highest BCUT2D eigenvalue weighted by molar-refractivity contribution is 6.14. The summed E-state index contributed by atoms with van der Waals surface area (Å²) in [6.45, 7) is -0.254. The van der Waals surface area contributed by atoms with Crippen molar-refractivity contribution in [2.24, 2.45) is 5.73 Å². The second-order valence-electron chi connectivity index (χ2n) is 5.46. The van der Waals surface area contributed by atoms with E-state index >= 15 is 0 Å². The Labute approximate surface area is 149 Å². The molecule has 1 aliphatic rings. The number of fused-ring (bicyclic) bond motifs is 1. The average molecular weight is 355 g/mol. The molecule has 0 saturated heterocycles. The van der Waals surface area contributed by atoms with E-state index in [1.54, 1.807) is 49.6 Å². The van der Waals surface area contributed by atoms with Gasteiger partial charge in [0.1, 0.15) is 23.0 Å². The number of nitrogens with two attached hydrogens (primary N) is 1. The van der Waals surface area contributed by atoms with Gasteiger partial charge in [-0.15, -0.1) is 0 Å². The lowest BCUT2D eigenvalue weighted by Crippen LogP contribution is -2.19. The smallest absolute Gasteiger partial charge is 0.255 e. The van der Waals surface area contributed by atoms with E-state index in [1.807, 2.05) is 0 Å². The molecule has 2 aromatic carbocycles. The largest absolute Gasteiger partial charge is 0.497 e. The topological polar surface area (TPSA) is 97.1 Å². The molecular weight excluding hydrogens is 338 g/mol. The number of allylic oxidation sites excluding steroid dienone is 1. The fourth-order valence-electron chi connectivity index (χ4n) is 2.50. The monoisotopic (exact) mass is 355 g/mol. The molecule has 0 radical (unpaired) electrons.